The van der Waals surface area contributed by atoms with Crippen LogP contribution in [0.15, 0.2) is 53.9 Å². The first-order chi connectivity index (χ1) is 15.6. The lowest BCUT2D eigenvalue weighted by Crippen LogP contribution is -2.26. The van der Waals surface area contributed by atoms with Gasteiger partial charge in [-0.25, -0.2) is 9.78 Å². The van der Waals surface area contributed by atoms with Gasteiger partial charge in [-0.1, -0.05) is 18.2 Å². The Hall–Kier alpha value is -3.59. The van der Waals surface area contributed by atoms with Crippen molar-refractivity contribution in [3.8, 4) is 11.5 Å². The normalized spacial score (nSPS) is 10.3. The summed E-state index contributed by atoms with van der Waals surface area (Å²) in [7, 11) is 3.22. The Morgan fingerprint density at radius 1 is 0.969 bits per heavy atom. The summed E-state index contributed by atoms with van der Waals surface area (Å²) in [5.74, 6) is 1.49. The number of methoxy groups -OCH3 is 2. The molecule has 1 heterocycles. The van der Waals surface area contributed by atoms with Crippen LogP contribution >= 0.6 is 11.3 Å². The monoisotopic (exact) mass is 454 g/mol. The predicted octanol–water partition coefficient (Wildman–Crippen LogP) is 4.10. The minimum atomic E-state index is -0.384. The Kier molecular flexibility index (Phi) is 8.44. The molecule has 0 radical (unpaired) electrons. The summed E-state index contributed by atoms with van der Waals surface area (Å²) in [6.07, 6.45) is 1.52. The number of thiazole rings is 1. The third-order valence-electron chi connectivity index (χ3n) is 4.64. The van der Waals surface area contributed by atoms with E-state index in [0.717, 1.165) is 17.0 Å². The highest BCUT2D eigenvalue weighted by Crippen LogP contribution is 2.19. The quantitative estimate of drug-likeness (QED) is 0.428. The van der Waals surface area contributed by atoms with E-state index in [0.29, 0.717) is 42.4 Å². The molecule has 3 N–H and O–H groups in total. The number of carbonyl (C=O) groups is 2. The second kappa shape index (κ2) is 11.7. The van der Waals surface area contributed by atoms with Gasteiger partial charge in [0.2, 0.25) is 5.91 Å². The molecule has 0 fully saturated rings. The molecule has 0 aliphatic heterocycles. The maximum absolute atomic E-state index is 12.1. The lowest BCUT2D eigenvalue weighted by atomic mass is 10.1. The minimum Gasteiger partial charge on any atom is -0.497 e. The third kappa shape index (κ3) is 6.98. The zero-order valence-electron chi connectivity index (χ0n) is 18.0. The number of carbonyl (C=O) groups excluding carboxylic acids is 2. The van der Waals surface area contributed by atoms with Crippen LogP contribution in [0, 0.1) is 0 Å². The average molecular weight is 455 g/mol. The first-order valence-electron chi connectivity index (χ1n) is 10.1. The third-order valence-corrected chi connectivity index (χ3v) is 5.44. The molecule has 0 spiro atoms. The fourth-order valence-corrected chi connectivity index (χ4v) is 3.73. The van der Waals surface area contributed by atoms with E-state index < -0.39 is 0 Å². The summed E-state index contributed by atoms with van der Waals surface area (Å²) in [5.41, 5.74) is 2.46. The van der Waals surface area contributed by atoms with Crippen molar-refractivity contribution in [2.75, 3.05) is 31.4 Å². The highest BCUT2D eigenvalue weighted by Gasteiger charge is 2.09. The van der Waals surface area contributed by atoms with E-state index in [9.17, 15) is 9.59 Å². The van der Waals surface area contributed by atoms with E-state index in [4.69, 9.17) is 9.47 Å². The molecule has 3 rings (SSSR count). The Balaban J connectivity index is 1.38. The van der Waals surface area contributed by atoms with E-state index >= 15 is 0 Å². The first-order valence-corrected chi connectivity index (χ1v) is 11.0. The van der Waals surface area contributed by atoms with Crippen molar-refractivity contribution < 1.29 is 19.1 Å². The maximum atomic E-state index is 12.1. The average Bonchev–Trinajstić information content (AvgIpc) is 3.25. The maximum Gasteiger partial charge on any atom is 0.325 e. The zero-order chi connectivity index (χ0) is 22.8. The summed E-state index contributed by atoms with van der Waals surface area (Å²) < 4.78 is 10.4. The molecule has 0 aliphatic rings. The number of aryl methyl sites for hydroxylation is 1. The Labute approximate surface area is 191 Å². The van der Waals surface area contributed by atoms with Gasteiger partial charge >= 0.3 is 6.03 Å². The van der Waals surface area contributed by atoms with E-state index in [1.54, 1.807) is 38.5 Å². The van der Waals surface area contributed by atoms with E-state index in [-0.39, 0.29) is 11.9 Å². The van der Waals surface area contributed by atoms with Crippen LogP contribution in [0.4, 0.5) is 15.6 Å². The summed E-state index contributed by atoms with van der Waals surface area (Å²) in [4.78, 5) is 28.6. The van der Waals surface area contributed by atoms with E-state index in [1.165, 1.54) is 11.3 Å². The van der Waals surface area contributed by atoms with Crippen LogP contribution < -0.4 is 25.4 Å². The molecule has 8 nitrogen and oxygen atoms in total. The molecular weight excluding hydrogens is 428 g/mol. The van der Waals surface area contributed by atoms with E-state index in [1.807, 2.05) is 29.6 Å². The molecule has 0 atom stereocenters. The molecule has 0 bridgehead atoms. The van der Waals surface area contributed by atoms with Crippen LogP contribution in [-0.4, -0.2) is 37.7 Å². The Morgan fingerprint density at radius 2 is 1.75 bits per heavy atom. The van der Waals surface area contributed by atoms with Gasteiger partial charge in [0.15, 0.2) is 5.13 Å². The molecule has 0 unspecified atom stereocenters. The highest BCUT2D eigenvalue weighted by molar-refractivity contribution is 7.13. The lowest BCUT2D eigenvalue weighted by Gasteiger charge is -2.09. The highest BCUT2D eigenvalue weighted by atomic mass is 32.1. The van der Waals surface area contributed by atoms with Gasteiger partial charge in [0.25, 0.3) is 0 Å². The molecule has 3 amide bonds. The number of hydrogen-bond donors (Lipinski definition) is 3. The fourth-order valence-electron chi connectivity index (χ4n) is 2.99. The van der Waals surface area contributed by atoms with Crippen LogP contribution in [0.3, 0.4) is 0 Å². The van der Waals surface area contributed by atoms with Gasteiger partial charge in [-0.2, -0.15) is 0 Å². The van der Waals surface area contributed by atoms with Gasteiger partial charge in [-0.3, -0.25) is 10.1 Å². The van der Waals surface area contributed by atoms with Crippen molar-refractivity contribution in [1.29, 1.82) is 0 Å². The lowest BCUT2D eigenvalue weighted by molar-refractivity contribution is -0.121. The summed E-state index contributed by atoms with van der Waals surface area (Å²) in [6.45, 7) is 0.536. The molecule has 9 heteroatoms. The van der Waals surface area contributed by atoms with Crippen molar-refractivity contribution in [2.24, 2.45) is 0 Å². The molecule has 32 heavy (non-hydrogen) atoms. The molecule has 3 aromatic rings. The molecule has 0 saturated carbocycles. The summed E-state index contributed by atoms with van der Waals surface area (Å²) in [5, 5.41) is 10.7. The predicted molar refractivity (Wildman–Crippen MR) is 126 cm³/mol. The second-order valence-corrected chi connectivity index (χ2v) is 7.72. The first kappa shape index (κ1) is 23.1. The van der Waals surface area contributed by atoms with Gasteiger partial charge in [0.1, 0.15) is 11.5 Å². The fraction of sp³-hybridized carbons (Fsp3) is 0.261. The SMILES string of the molecule is COc1ccc(NC(=O)Nc2nc(CCC(=O)NCCc3ccccc3OC)cs2)cc1. The number of ether oxygens (including phenoxy) is 2. The second-order valence-electron chi connectivity index (χ2n) is 6.86. The number of amides is 3. The van der Waals surface area contributed by atoms with Crippen molar-refractivity contribution in [3.63, 3.8) is 0 Å². The number of hydrogen-bond acceptors (Lipinski definition) is 6. The van der Waals surface area contributed by atoms with Crippen LogP contribution in [0.2, 0.25) is 0 Å². The molecule has 168 valence electrons. The van der Waals surface area contributed by atoms with Crippen molar-refractivity contribution in [1.82, 2.24) is 10.3 Å². The van der Waals surface area contributed by atoms with Crippen LogP contribution in [-0.2, 0) is 17.6 Å². The number of benzene rings is 2. The number of para-hydroxylation sites is 1. The molecule has 1 aromatic heterocycles. The number of anilines is 2. The topological polar surface area (TPSA) is 102 Å². The zero-order valence-corrected chi connectivity index (χ0v) is 18.8. The van der Waals surface area contributed by atoms with Crippen molar-refractivity contribution in [3.05, 3.63) is 65.2 Å². The molecule has 0 saturated heterocycles. The van der Waals surface area contributed by atoms with E-state index in [2.05, 4.69) is 20.9 Å². The number of urea groups is 1. The van der Waals surface area contributed by atoms with Gasteiger partial charge in [0, 0.05) is 24.0 Å². The van der Waals surface area contributed by atoms with Crippen LogP contribution in [0.5, 0.6) is 11.5 Å². The van der Waals surface area contributed by atoms with Crippen molar-refractivity contribution in [2.45, 2.75) is 19.3 Å². The van der Waals surface area contributed by atoms with Gasteiger partial charge < -0.3 is 20.1 Å². The summed E-state index contributed by atoms with van der Waals surface area (Å²) in [6, 6.07) is 14.4. The van der Waals surface area contributed by atoms with Gasteiger partial charge in [0.05, 0.1) is 19.9 Å². The smallest absolute Gasteiger partial charge is 0.325 e. The number of nitrogens with one attached hydrogen (secondary N) is 3. The molecule has 0 aliphatic carbocycles. The van der Waals surface area contributed by atoms with Crippen LogP contribution in [0.25, 0.3) is 0 Å². The Morgan fingerprint density at radius 3 is 2.50 bits per heavy atom. The largest absolute Gasteiger partial charge is 0.497 e. The number of aromatic nitrogens is 1. The van der Waals surface area contributed by atoms with Gasteiger partial charge in [-0.15, -0.1) is 11.3 Å². The number of rotatable bonds is 10. The minimum absolute atomic E-state index is 0.0420. The standard InChI is InChI=1S/C23H26N4O4S/c1-30-19-10-7-17(8-11-19)25-22(29)27-23-26-18(15-32-23)9-12-21(28)24-14-13-16-5-3-4-6-20(16)31-2/h3-8,10-11,15H,9,12-14H2,1-2H3,(H,24,28)(H2,25,26,27,29). The van der Waals surface area contributed by atoms with Crippen molar-refractivity contribution >= 4 is 34.1 Å². The van der Waals surface area contributed by atoms with Crippen LogP contribution in [0.1, 0.15) is 17.7 Å². The summed E-state index contributed by atoms with van der Waals surface area (Å²) >= 11 is 1.32. The van der Waals surface area contributed by atoms with Gasteiger partial charge in [-0.05, 0) is 48.7 Å². The Bertz CT molecular complexity index is 1040. The molecular formula is C23H26N4O4S. The number of nitrogens with zero attached hydrogens (tertiary/aromatic N) is 1. The molecule has 2 aromatic carbocycles.